The Morgan fingerprint density at radius 3 is 2.67 bits per heavy atom. The van der Waals surface area contributed by atoms with Crippen molar-refractivity contribution < 1.29 is 4.79 Å². The van der Waals surface area contributed by atoms with Crippen LogP contribution in [-0.2, 0) is 4.79 Å². The highest BCUT2D eigenvalue weighted by molar-refractivity contribution is 5.85. The summed E-state index contributed by atoms with van der Waals surface area (Å²) in [5.41, 5.74) is 1.37. The van der Waals surface area contributed by atoms with Crippen molar-refractivity contribution in [3.63, 3.8) is 0 Å². The number of hydrogen-bond acceptors (Lipinski definition) is 2. The van der Waals surface area contributed by atoms with Crippen molar-refractivity contribution >= 4 is 16.6 Å². The van der Waals surface area contributed by atoms with Gasteiger partial charge in [0.25, 0.3) is 0 Å². The van der Waals surface area contributed by atoms with Crippen molar-refractivity contribution in [2.45, 2.75) is 44.6 Å². The lowest BCUT2D eigenvalue weighted by Crippen LogP contribution is -2.45. The molecule has 2 aromatic rings. The number of carbonyl (C=O) groups is 1. The lowest BCUT2D eigenvalue weighted by molar-refractivity contribution is -0.125. The Bertz CT molecular complexity index is 752. The third kappa shape index (κ3) is 2.67. The maximum absolute atomic E-state index is 12.9. The van der Waals surface area contributed by atoms with Gasteiger partial charge in [-0.15, -0.1) is 0 Å². The van der Waals surface area contributed by atoms with E-state index in [4.69, 9.17) is 0 Å². The molecule has 0 spiro atoms. The molecule has 0 aromatic heterocycles. The summed E-state index contributed by atoms with van der Waals surface area (Å²) in [6, 6.07) is 15.8. The Labute approximate surface area is 144 Å². The predicted octanol–water partition coefficient (Wildman–Crippen LogP) is 4.63. The van der Waals surface area contributed by atoms with Crippen LogP contribution in [0.15, 0.2) is 42.5 Å². The van der Waals surface area contributed by atoms with E-state index in [0.29, 0.717) is 24.2 Å². The minimum atomic E-state index is 0.161. The molecule has 0 radical (unpaired) electrons. The molecular weight excluding hydrogens is 294 g/mol. The summed E-state index contributed by atoms with van der Waals surface area (Å²) in [5, 5.41) is 2.58. The minimum absolute atomic E-state index is 0.161. The summed E-state index contributed by atoms with van der Waals surface area (Å²) in [7, 11) is 2.22. The minimum Gasteiger partial charge on any atom is -0.302 e. The predicted molar refractivity (Wildman–Crippen MR) is 99.2 cm³/mol. The Hall–Kier alpha value is -1.67. The number of nitrogens with zero attached hydrogens (tertiary/aromatic N) is 1. The number of hydrogen-bond donors (Lipinski definition) is 0. The highest BCUT2D eigenvalue weighted by atomic mass is 16.1. The van der Waals surface area contributed by atoms with Gasteiger partial charge in [-0.1, -0.05) is 49.4 Å². The van der Waals surface area contributed by atoms with E-state index in [1.54, 1.807) is 0 Å². The fourth-order valence-corrected chi connectivity index (χ4v) is 5.14. The first-order valence-electron chi connectivity index (χ1n) is 9.39. The molecule has 2 heterocycles. The van der Waals surface area contributed by atoms with Gasteiger partial charge in [-0.3, -0.25) is 4.79 Å². The monoisotopic (exact) mass is 321 g/mol. The third-order valence-electron chi connectivity index (χ3n) is 6.34. The molecule has 2 bridgehead atoms. The van der Waals surface area contributed by atoms with E-state index in [0.717, 1.165) is 18.9 Å². The fourth-order valence-electron chi connectivity index (χ4n) is 5.14. The quantitative estimate of drug-likeness (QED) is 0.821. The third-order valence-corrected chi connectivity index (χ3v) is 6.34. The average molecular weight is 321 g/mol. The number of benzene rings is 2. The summed E-state index contributed by atoms with van der Waals surface area (Å²) in [6.45, 7) is 3.18. The highest BCUT2D eigenvalue weighted by Crippen LogP contribution is 2.45. The molecule has 2 heteroatoms. The highest BCUT2D eigenvalue weighted by Gasteiger charge is 2.44. The van der Waals surface area contributed by atoms with Crippen LogP contribution in [0.2, 0.25) is 0 Å². The Morgan fingerprint density at radius 2 is 1.92 bits per heavy atom. The standard InChI is InChI=1S/C22H27NO/c1-3-21(24)22-19(12-15-8-11-20(22)23(2)14-15)18-10-9-16-6-4-5-7-17(16)13-18/h4-7,9-10,13,15,19-20,22H,3,8,11-12,14H2,1-2H3/t15?,19-,20?,22-/m1/s1. The fraction of sp³-hybridized carbons (Fsp3) is 0.500. The first kappa shape index (κ1) is 15.8. The van der Waals surface area contributed by atoms with Gasteiger partial charge in [0.2, 0.25) is 0 Å². The number of carbonyl (C=O) groups excluding carboxylic acids is 1. The van der Waals surface area contributed by atoms with Crippen molar-refractivity contribution in [1.29, 1.82) is 0 Å². The van der Waals surface area contributed by atoms with Crippen LogP contribution >= 0.6 is 0 Å². The lowest BCUT2D eigenvalue weighted by atomic mass is 9.76. The van der Waals surface area contributed by atoms with Crippen LogP contribution in [0.1, 0.15) is 44.1 Å². The summed E-state index contributed by atoms with van der Waals surface area (Å²) in [4.78, 5) is 15.3. The van der Waals surface area contributed by atoms with Crippen LogP contribution < -0.4 is 0 Å². The van der Waals surface area contributed by atoms with Crippen LogP contribution in [0.5, 0.6) is 0 Å². The normalized spacial score (nSPS) is 30.4. The van der Waals surface area contributed by atoms with Crippen LogP contribution in [0.25, 0.3) is 10.8 Å². The van der Waals surface area contributed by atoms with Crippen molar-refractivity contribution in [2.75, 3.05) is 13.6 Å². The smallest absolute Gasteiger partial charge is 0.137 e. The van der Waals surface area contributed by atoms with E-state index < -0.39 is 0 Å². The molecule has 2 unspecified atom stereocenters. The van der Waals surface area contributed by atoms with Crippen molar-refractivity contribution in [2.24, 2.45) is 11.8 Å². The van der Waals surface area contributed by atoms with Gasteiger partial charge in [-0.05, 0) is 54.5 Å². The molecule has 0 N–H and O–H groups in total. The number of piperidine rings is 1. The zero-order valence-electron chi connectivity index (χ0n) is 14.7. The van der Waals surface area contributed by atoms with E-state index in [1.807, 2.05) is 6.92 Å². The summed E-state index contributed by atoms with van der Waals surface area (Å²) < 4.78 is 0. The van der Waals surface area contributed by atoms with Gasteiger partial charge in [0.05, 0.1) is 0 Å². The maximum atomic E-state index is 12.9. The topological polar surface area (TPSA) is 20.3 Å². The molecule has 126 valence electrons. The zero-order valence-corrected chi connectivity index (χ0v) is 14.7. The molecule has 3 aliphatic rings. The van der Waals surface area contributed by atoms with E-state index >= 15 is 0 Å². The van der Waals surface area contributed by atoms with Crippen LogP contribution in [-0.4, -0.2) is 30.3 Å². The number of ketones is 1. The van der Waals surface area contributed by atoms with Gasteiger partial charge >= 0.3 is 0 Å². The number of rotatable bonds is 3. The van der Waals surface area contributed by atoms with Gasteiger partial charge in [0.15, 0.2) is 0 Å². The lowest BCUT2D eigenvalue weighted by Gasteiger charge is -2.37. The second-order valence-electron chi connectivity index (χ2n) is 7.74. The molecule has 24 heavy (non-hydrogen) atoms. The Balaban J connectivity index is 1.78. The van der Waals surface area contributed by atoms with Gasteiger partial charge in [0, 0.05) is 24.9 Å². The number of fused-ring (bicyclic) bond motifs is 5. The molecule has 1 aliphatic carbocycles. The molecular formula is C22H27NO. The molecule has 2 aliphatic heterocycles. The molecule has 2 saturated heterocycles. The van der Waals surface area contributed by atoms with Crippen molar-refractivity contribution in [3.8, 4) is 0 Å². The molecule has 4 atom stereocenters. The van der Waals surface area contributed by atoms with E-state index in [1.165, 1.54) is 29.2 Å². The van der Waals surface area contributed by atoms with Crippen LogP contribution in [0.4, 0.5) is 0 Å². The number of Topliss-reactive ketones (excluding diaryl/α,β-unsaturated/α-hetero) is 1. The first-order valence-corrected chi connectivity index (χ1v) is 9.39. The Morgan fingerprint density at radius 1 is 1.12 bits per heavy atom. The van der Waals surface area contributed by atoms with Gasteiger partial charge in [0.1, 0.15) is 5.78 Å². The molecule has 1 saturated carbocycles. The molecule has 2 nitrogen and oxygen atoms in total. The van der Waals surface area contributed by atoms with Gasteiger partial charge in [-0.25, -0.2) is 0 Å². The SMILES string of the molecule is CCC(=O)[C@H]1C2CCC(C[C@@H]1c1ccc3ccccc3c1)CN2C. The second-order valence-corrected chi connectivity index (χ2v) is 7.74. The summed E-state index contributed by atoms with van der Waals surface area (Å²) >= 11 is 0. The van der Waals surface area contributed by atoms with Gasteiger partial charge < -0.3 is 4.90 Å². The van der Waals surface area contributed by atoms with Gasteiger partial charge in [-0.2, -0.15) is 0 Å². The van der Waals surface area contributed by atoms with E-state index in [9.17, 15) is 4.79 Å². The zero-order chi connectivity index (χ0) is 16.7. The summed E-state index contributed by atoms with van der Waals surface area (Å²) in [6.07, 6.45) is 4.29. The van der Waals surface area contributed by atoms with E-state index in [2.05, 4.69) is 54.4 Å². The molecule has 3 fully saturated rings. The molecule has 5 rings (SSSR count). The maximum Gasteiger partial charge on any atom is 0.137 e. The molecule has 2 aromatic carbocycles. The summed E-state index contributed by atoms with van der Waals surface area (Å²) in [5.74, 6) is 1.73. The van der Waals surface area contributed by atoms with Crippen LogP contribution in [0.3, 0.4) is 0 Å². The Kier molecular flexibility index (Phi) is 4.17. The largest absolute Gasteiger partial charge is 0.302 e. The van der Waals surface area contributed by atoms with Crippen LogP contribution in [0, 0.1) is 11.8 Å². The van der Waals surface area contributed by atoms with E-state index in [-0.39, 0.29) is 5.92 Å². The average Bonchev–Trinajstić information content (AvgIpc) is 2.88. The van der Waals surface area contributed by atoms with Crippen molar-refractivity contribution in [1.82, 2.24) is 4.90 Å². The van der Waals surface area contributed by atoms with Crippen molar-refractivity contribution in [3.05, 3.63) is 48.0 Å². The molecule has 0 amide bonds. The second kappa shape index (κ2) is 6.33. The first-order chi connectivity index (χ1) is 11.7.